The molecule has 0 aromatic heterocycles. The standard InChI is InChI=1S/C19H23NO4/c1-17-11-24-19(10-13(17)8-9-18(17,19)2)16(22)20-14-6-4-12(5-7-14)15(21)23-3/h4-7,13H,8-11H2,1-3H3,(H,20,22)/t13-,17+,18-,19-/m1/s1. The SMILES string of the molecule is COC(=O)c1ccc(NC(=O)[C@]23C[C@H]4CC[C@]2(C)[C@@]4(C)CO3)cc1. The van der Waals surface area contributed by atoms with Gasteiger partial charge in [-0.05, 0) is 49.4 Å². The average Bonchev–Trinajstić information content (AvgIpc) is 3.06. The van der Waals surface area contributed by atoms with Gasteiger partial charge in [0.15, 0.2) is 5.60 Å². The van der Waals surface area contributed by atoms with E-state index in [1.54, 1.807) is 24.3 Å². The van der Waals surface area contributed by atoms with E-state index in [1.807, 2.05) is 0 Å². The molecule has 1 aliphatic heterocycles. The molecule has 0 unspecified atom stereocenters. The fraction of sp³-hybridized carbons (Fsp3) is 0.579. The number of methoxy groups -OCH3 is 1. The molecule has 1 heterocycles. The number of anilines is 1. The molecule has 1 aromatic rings. The van der Waals surface area contributed by atoms with E-state index in [-0.39, 0.29) is 22.7 Å². The van der Waals surface area contributed by atoms with E-state index in [0.717, 1.165) is 12.8 Å². The van der Waals surface area contributed by atoms with Gasteiger partial charge in [-0.25, -0.2) is 4.79 Å². The van der Waals surface area contributed by atoms with Crippen molar-refractivity contribution in [2.24, 2.45) is 16.7 Å². The Labute approximate surface area is 141 Å². The first kappa shape index (κ1) is 15.6. The third-order valence-electron chi connectivity index (χ3n) is 7.13. The molecule has 4 rings (SSSR count). The monoisotopic (exact) mass is 329 g/mol. The van der Waals surface area contributed by atoms with Crippen LogP contribution in [0.5, 0.6) is 0 Å². The molecule has 0 spiro atoms. The fourth-order valence-corrected chi connectivity index (χ4v) is 5.30. The summed E-state index contributed by atoms with van der Waals surface area (Å²) in [4.78, 5) is 24.6. The van der Waals surface area contributed by atoms with Gasteiger partial charge in [0.2, 0.25) is 0 Å². The second kappa shape index (κ2) is 4.82. The molecule has 2 saturated carbocycles. The molecular formula is C19H23NO4. The third kappa shape index (κ3) is 1.68. The van der Waals surface area contributed by atoms with Crippen LogP contribution in [0, 0.1) is 16.7 Å². The highest BCUT2D eigenvalue weighted by molar-refractivity contribution is 5.99. The van der Waals surface area contributed by atoms with Gasteiger partial charge in [-0.15, -0.1) is 0 Å². The molecule has 3 aliphatic rings. The van der Waals surface area contributed by atoms with Gasteiger partial charge in [0.05, 0.1) is 19.3 Å². The van der Waals surface area contributed by atoms with Gasteiger partial charge < -0.3 is 14.8 Å². The van der Waals surface area contributed by atoms with Gasteiger partial charge in [0, 0.05) is 16.5 Å². The highest BCUT2D eigenvalue weighted by Crippen LogP contribution is 2.75. The van der Waals surface area contributed by atoms with Crippen molar-refractivity contribution >= 4 is 17.6 Å². The Balaban J connectivity index is 1.56. The van der Waals surface area contributed by atoms with Crippen LogP contribution in [0.3, 0.4) is 0 Å². The Hall–Kier alpha value is -1.88. The lowest BCUT2D eigenvalue weighted by Crippen LogP contribution is -2.52. The van der Waals surface area contributed by atoms with E-state index >= 15 is 0 Å². The number of carbonyl (C=O) groups is 2. The molecule has 1 saturated heterocycles. The van der Waals surface area contributed by atoms with Crippen molar-refractivity contribution in [3.8, 4) is 0 Å². The van der Waals surface area contributed by atoms with Crippen LogP contribution >= 0.6 is 0 Å². The second-order valence-corrected chi connectivity index (χ2v) is 7.83. The Morgan fingerprint density at radius 1 is 1.25 bits per heavy atom. The van der Waals surface area contributed by atoms with Crippen LogP contribution in [0.2, 0.25) is 0 Å². The summed E-state index contributed by atoms with van der Waals surface area (Å²) in [5.74, 6) is 0.132. The van der Waals surface area contributed by atoms with Crippen molar-refractivity contribution in [2.45, 2.75) is 38.7 Å². The van der Waals surface area contributed by atoms with Crippen molar-refractivity contribution in [3.05, 3.63) is 29.8 Å². The van der Waals surface area contributed by atoms with Gasteiger partial charge in [0.1, 0.15) is 0 Å². The summed E-state index contributed by atoms with van der Waals surface area (Å²) in [7, 11) is 1.35. The molecule has 3 fully saturated rings. The summed E-state index contributed by atoms with van der Waals surface area (Å²) >= 11 is 0. The highest BCUT2D eigenvalue weighted by Gasteiger charge is 2.78. The molecule has 24 heavy (non-hydrogen) atoms. The molecule has 1 N–H and O–H groups in total. The van der Waals surface area contributed by atoms with Crippen molar-refractivity contribution in [3.63, 3.8) is 0 Å². The van der Waals surface area contributed by atoms with Crippen LogP contribution < -0.4 is 5.32 Å². The maximum absolute atomic E-state index is 13.1. The maximum atomic E-state index is 13.1. The molecule has 4 atom stereocenters. The predicted octanol–water partition coefficient (Wildman–Crippen LogP) is 3.01. The van der Waals surface area contributed by atoms with Crippen molar-refractivity contribution in [1.29, 1.82) is 0 Å². The molecule has 5 heteroatoms. The van der Waals surface area contributed by atoms with Gasteiger partial charge in [-0.2, -0.15) is 0 Å². The normalized spacial score (nSPS) is 39.0. The van der Waals surface area contributed by atoms with Crippen molar-refractivity contribution in [1.82, 2.24) is 0 Å². The number of carbonyl (C=O) groups excluding carboxylic acids is 2. The Bertz CT molecular complexity index is 715. The lowest BCUT2D eigenvalue weighted by Gasteiger charge is -2.40. The smallest absolute Gasteiger partial charge is 0.337 e. The van der Waals surface area contributed by atoms with Gasteiger partial charge >= 0.3 is 5.97 Å². The Kier molecular flexibility index (Phi) is 3.14. The molecule has 1 aromatic carbocycles. The van der Waals surface area contributed by atoms with E-state index < -0.39 is 5.60 Å². The maximum Gasteiger partial charge on any atom is 0.337 e. The minimum Gasteiger partial charge on any atom is -0.465 e. The van der Waals surface area contributed by atoms with E-state index in [0.29, 0.717) is 23.8 Å². The average molecular weight is 329 g/mol. The number of hydrogen-bond acceptors (Lipinski definition) is 4. The predicted molar refractivity (Wildman–Crippen MR) is 88.6 cm³/mol. The minimum atomic E-state index is -0.717. The van der Waals surface area contributed by atoms with Gasteiger partial charge in [0.25, 0.3) is 5.91 Å². The molecule has 2 aliphatic carbocycles. The van der Waals surface area contributed by atoms with E-state index in [4.69, 9.17) is 4.74 Å². The second-order valence-electron chi connectivity index (χ2n) is 7.83. The van der Waals surface area contributed by atoms with Gasteiger partial charge in [-0.1, -0.05) is 13.8 Å². The quantitative estimate of drug-likeness (QED) is 0.866. The molecular weight excluding hydrogens is 306 g/mol. The van der Waals surface area contributed by atoms with Crippen LogP contribution in [0.15, 0.2) is 24.3 Å². The van der Waals surface area contributed by atoms with Crippen LogP contribution in [0.1, 0.15) is 43.5 Å². The van der Waals surface area contributed by atoms with E-state index in [9.17, 15) is 9.59 Å². The first-order valence-corrected chi connectivity index (χ1v) is 8.50. The summed E-state index contributed by atoms with van der Waals surface area (Å²) in [6.07, 6.45) is 3.05. The number of rotatable bonds is 3. The molecule has 1 amide bonds. The van der Waals surface area contributed by atoms with E-state index in [2.05, 4.69) is 23.9 Å². The van der Waals surface area contributed by atoms with Crippen molar-refractivity contribution in [2.75, 3.05) is 19.0 Å². The number of nitrogens with one attached hydrogen (secondary N) is 1. The zero-order chi connectivity index (χ0) is 17.2. The summed E-state index contributed by atoms with van der Waals surface area (Å²) in [5, 5.41) is 3.00. The largest absolute Gasteiger partial charge is 0.465 e. The molecule has 4 bridgehead atoms. The Morgan fingerprint density at radius 2 is 1.96 bits per heavy atom. The number of amides is 1. The fourth-order valence-electron chi connectivity index (χ4n) is 5.30. The number of hydrogen-bond donors (Lipinski definition) is 1. The van der Waals surface area contributed by atoms with Crippen LogP contribution in [0.25, 0.3) is 0 Å². The summed E-state index contributed by atoms with van der Waals surface area (Å²) < 4.78 is 10.8. The third-order valence-corrected chi connectivity index (χ3v) is 7.13. The van der Waals surface area contributed by atoms with Crippen LogP contribution in [-0.4, -0.2) is 31.2 Å². The lowest BCUT2D eigenvalue weighted by atomic mass is 9.66. The summed E-state index contributed by atoms with van der Waals surface area (Å²) in [6, 6.07) is 6.76. The summed E-state index contributed by atoms with van der Waals surface area (Å²) in [5.41, 5.74) is 0.432. The lowest BCUT2D eigenvalue weighted by molar-refractivity contribution is -0.149. The highest BCUT2D eigenvalue weighted by atomic mass is 16.5. The van der Waals surface area contributed by atoms with Crippen LogP contribution in [-0.2, 0) is 14.3 Å². The molecule has 0 radical (unpaired) electrons. The van der Waals surface area contributed by atoms with Crippen LogP contribution in [0.4, 0.5) is 5.69 Å². The number of ether oxygens (including phenoxy) is 2. The van der Waals surface area contributed by atoms with Crippen molar-refractivity contribution < 1.29 is 19.1 Å². The first-order chi connectivity index (χ1) is 11.4. The number of benzene rings is 1. The number of esters is 1. The zero-order valence-electron chi connectivity index (χ0n) is 14.3. The topological polar surface area (TPSA) is 64.6 Å². The minimum absolute atomic E-state index is 0.0539. The van der Waals surface area contributed by atoms with E-state index in [1.165, 1.54) is 13.5 Å². The molecule has 128 valence electrons. The Morgan fingerprint density at radius 3 is 2.54 bits per heavy atom. The summed E-state index contributed by atoms with van der Waals surface area (Å²) in [6.45, 7) is 5.16. The zero-order valence-corrected chi connectivity index (χ0v) is 14.3. The molecule has 5 nitrogen and oxygen atoms in total. The van der Waals surface area contributed by atoms with Gasteiger partial charge in [-0.3, -0.25) is 4.79 Å². The first-order valence-electron chi connectivity index (χ1n) is 8.50.